The van der Waals surface area contributed by atoms with Gasteiger partial charge in [-0.15, -0.1) is 0 Å². The number of aryl methyl sites for hydroxylation is 2. The first-order chi connectivity index (χ1) is 52.8. The van der Waals surface area contributed by atoms with Crippen molar-refractivity contribution in [2.75, 3.05) is 13.2 Å². The van der Waals surface area contributed by atoms with Crippen molar-refractivity contribution >= 4 is 17.2 Å². The summed E-state index contributed by atoms with van der Waals surface area (Å²) in [5.41, 5.74) is 3.01. The Bertz CT molecular complexity index is 2010. The molecular formula is C99H182O6P2. The average molecular weight is 1530 g/mol. The monoisotopic (exact) mass is 1530 g/mol. The SMILES string of the molecule is CCCCCCCCCCCCCCCCCCOP(Oc1cccc(CCCCCCCCCCCCCCCCCC)c1)OC1CCC(C(C)(C)C2CCC(OP(OCCCCCCCCCCCCCCCCCC)Oc3cccc(CCCCCCCCCCCCCCCCCC)c3)CC2)CC1. The molecule has 2 aromatic carbocycles. The highest BCUT2D eigenvalue weighted by molar-refractivity contribution is 7.42. The molecule has 0 bridgehead atoms. The molecule has 0 saturated heterocycles. The highest BCUT2D eigenvalue weighted by Crippen LogP contribution is 2.53. The predicted octanol–water partition coefficient (Wildman–Crippen LogP) is 35.9. The van der Waals surface area contributed by atoms with Crippen molar-refractivity contribution in [3.05, 3.63) is 59.7 Å². The highest BCUT2D eigenvalue weighted by atomic mass is 31.2. The van der Waals surface area contributed by atoms with Gasteiger partial charge in [-0.1, -0.05) is 451 Å². The molecule has 2 atom stereocenters. The van der Waals surface area contributed by atoms with Crippen LogP contribution in [0.15, 0.2) is 48.5 Å². The molecule has 2 aliphatic carbocycles. The third kappa shape index (κ3) is 55.8. The van der Waals surface area contributed by atoms with Crippen molar-refractivity contribution in [1.29, 1.82) is 0 Å². The normalized spacial score (nSPS) is 17.0. The Hall–Kier alpha value is -1.26. The quantitative estimate of drug-likeness (QED) is 0.0486. The Morgan fingerprint density at radius 2 is 0.467 bits per heavy atom. The van der Waals surface area contributed by atoms with Gasteiger partial charge in [0.25, 0.3) is 0 Å². The summed E-state index contributed by atoms with van der Waals surface area (Å²) in [4.78, 5) is 0. The molecule has 2 unspecified atom stereocenters. The van der Waals surface area contributed by atoms with E-state index < -0.39 is 17.2 Å². The molecule has 107 heavy (non-hydrogen) atoms. The number of hydrogen-bond donors (Lipinski definition) is 0. The van der Waals surface area contributed by atoms with E-state index in [4.69, 9.17) is 27.1 Å². The van der Waals surface area contributed by atoms with Crippen LogP contribution in [0.3, 0.4) is 0 Å². The second kappa shape index (κ2) is 72.4. The summed E-state index contributed by atoms with van der Waals surface area (Å²) in [7, 11) is -2.98. The first-order valence-electron chi connectivity index (χ1n) is 48.6. The van der Waals surface area contributed by atoms with E-state index in [2.05, 4.69) is 90.1 Å². The molecule has 2 aromatic rings. The summed E-state index contributed by atoms with van der Waals surface area (Å²) in [6, 6.07) is 17.8. The summed E-state index contributed by atoms with van der Waals surface area (Å²) >= 11 is 0. The van der Waals surface area contributed by atoms with E-state index in [1.54, 1.807) is 0 Å². The average Bonchev–Trinajstić information content (AvgIpc) is 0.801. The Morgan fingerprint density at radius 1 is 0.262 bits per heavy atom. The molecule has 624 valence electrons. The van der Waals surface area contributed by atoms with Crippen LogP contribution in [-0.4, -0.2) is 25.4 Å². The van der Waals surface area contributed by atoms with Crippen molar-refractivity contribution in [3.8, 4) is 11.5 Å². The van der Waals surface area contributed by atoms with Crippen LogP contribution in [-0.2, 0) is 30.9 Å². The van der Waals surface area contributed by atoms with Gasteiger partial charge in [-0.05, 0) is 143 Å². The summed E-state index contributed by atoms with van der Waals surface area (Å²) in [5, 5.41) is 0. The zero-order valence-electron chi connectivity index (χ0n) is 72.5. The Balaban J connectivity index is 1.22. The molecular weight excluding hydrogens is 1350 g/mol. The minimum absolute atomic E-state index is 0.175. The van der Waals surface area contributed by atoms with Crippen LogP contribution in [0.5, 0.6) is 11.5 Å². The van der Waals surface area contributed by atoms with Gasteiger partial charge in [0.2, 0.25) is 0 Å². The second-order valence-electron chi connectivity index (χ2n) is 35.3. The summed E-state index contributed by atoms with van der Waals surface area (Å²) in [5.74, 6) is 3.19. The maximum absolute atomic E-state index is 6.99. The van der Waals surface area contributed by atoms with Gasteiger partial charge in [0.1, 0.15) is 11.5 Å². The van der Waals surface area contributed by atoms with E-state index in [0.29, 0.717) is 25.0 Å². The lowest BCUT2D eigenvalue weighted by molar-refractivity contribution is 0.00601. The number of rotatable bonds is 80. The zero-order valence-corrected chi connectivity index (χ0v) is 74.3. The Kier molecular flexibility index (Phi) is 66.4. The van der Waals surface area contributed by atoms with Gasteiger partial charge in [0.05, 0.1) is 25.4 Å². The topological polar surface area (TPSA) is 55.4 Å². The van der Waals surface area contributed by atoms with Gasteiger partial charge in [0, 0.05) is 0 Å². The molecule has 0 spiro atoms. The Morgan fingerprint density at radius 3 is 0.692 bits per heavy atom. The second-order valence-corrected chi connectivity index (χ2v) is 37.5. The third-order valence-electron chi connectivity index (χ3n) is 25.1. The van der Waals surface area contributed by atoms with Crippen LogP contribution in [0.25, 0.3) is 0 Å². The maximum Gasteiger partial charge on any atom is 0.397 e. The number of benzene rings is 2. The molecule has 0 N–H and O–H groups in total. The van der Waals surface area contributed by atoms with Gasteiger partial charge in [-0.2, -0.15) is 0 Å². The van der Waals surface area contributed by atoms with Gasteiger partial charge < -0.3 is 18.1 Å². The fourth-order valence-corrected chi connectivity index (χ4v) is 19.9. The van der Waals surface area contributed by atoms with Gasteiger partial charge in [0.15, 0.2) is 0 Å². The fraction of sp³-hybridized carbons (Fsp3) is 0.879. The molecule has 0 amide bonds. The molecule has 6 nitrogen and oxygen atoms in total. The molecule has 0 aliphatic heterocycles. The summed E-state index contributed by atoms with van der Waals surface area (Å²) in [6.45, 7) is 15.9. The van der Waals surface area contributed by atoms with Crippen LogP contribution in [0, 0.1) is 17.3 Å². The summed E-state index contributed by atoms with van der Waals surface area (Å²) < 4.78 is 40.9. The first-order valence-corrected chi connectivity index (χ1v) is 50.8. The molecule has 2 fully saturated rings. The van der Waals surface area contributed by atoms with E-state index in [9.17, 15) is 0 Å². The van der Waals surface area contributed by atoms with Crippen LogP contribution in [0.1, 0.15) is 515 Å². The lowest BCUT2D eigenvalue weighted by Gasteiger charge is -2.46. The molecule has 4 rings (SSSR count). The standard InChI is InChI=1S/C99H182O6P2/c1-7-11-15-19-23-27-31-35-39-43-47-51-55-59-63-67-73-91-75-71-77-97(89-91)104-106(100-87-69-65-61-57-53-49-45-41-37-33-29-25-21-17-13-9-3)102-95-83-79-93(80-84-95)99(5,6)94-81-85-96(86-82-94)103-107(101-88-70-66-62-58-54-50-46-42-38-34-30-26-22-18-14-10-4)105-98-78-72-76-92(90-98)74-68-64-60-56-52-48-44-40-36-32-28-24-20-16-12-8-2/h71-72,75-78,89-90,93-96H,7-70,73-74,79-88H2,1-6H3. The van der Waals surface area contributed by atoms with E-state index in [-0.39, 0.29) is 17.6 Å². The predicted molar refractivity (Wildman–Crippen MR) is 473 cm³/mol. The maximum atomic E-state index is 6.99. The van der Waals surface area contributed by atoms with Crippen molar-refractivity contribution < 1.29 is 27.1 Å². The zero-order chi connectivity index (χ0) is 75.9. The number of hydrogen-bond acceptors (Lipinski definition) is 6. The highest BCUT2D eigenvalue weighted by Gasteiger charge is 2.42. The van der Waals surface area contributed by atoms with E-state index >= 15 is 0 Å². The molecule has 0 aromatic heterocycles. The van der Waals surface area contributed by atoms with Crippen LogP contribution >= 0.6 is 17.2 Å². The van der Waals surface area contributed by atoms with Crippen molar-refractivity contribution in [2.24, 2.45) is 17.3 Å². The first kappa shape index (κ1) is 98.1. The Labute approximate surface area is 670 Å². The van der Waals surface area contributed by atoms with Gasteiger partial charge in [-0.25, -0.2) is 0 Å². The van der Waals surface area contributed by atoms with Gasteiger partial charge in [-0.3, -0.25) is 9.05 Å². The molecule has 2 saturated carbocycles. The van der Waals surface area contributed by atoms with E-state index in [0.717, 1.165) is 62.9 Å². The number of unbranched alkanes of at least 4 members (excludes halogenated alkanes) is 60. The fourth-order valence-electron chi connectivity index (χ4n) is 17.6. The largest absolute Gasteiger partial charge is 0.427 e. The lowest BCUT2D eigenvalue weighted by Crippen LogP contribution is -2.38. The van der Waals surface area contributed by atoms with E-state index in [1.165, 1.54) is 435 Å². The van der Waals surface area contributed by atoms with Crippen LogP contribution in [0.4, 0.5) is 0 Å². The molecule has 0 heterocycles. The molecule has 0 radical (unpaired) electrons. The summed E-state index contributed by atoms with van der Waals surface area (Å²) in [6.07, 6.45) is 101. The van der Waals surface area contributed by atoms with Crippen molar-refractivity contribution in [1.82, 2.24) is 0 Å². The third-order valence-corrected chi connectivity index (χ3v) is 27.6. The van der Waals surface area contributed by atoms with Crippen molar-refractivity contribution in [3.63, 3.8) is 0 Å². The van der Waals surface area contributed by atoms with Crippen LogP contribution in [0.2, 0.25) is 0 Å². The minimum atomic E-state index is -1.49. The molecule has 8 heteroatoms. The van der Waals surface area contributed by atoms with Gasteiger partial charge >= 0.3 is 17.2 Å². The smallest absolute Gasteiger partial charge is 0.397 e. The van der Waals surface area contributed by atoms with Crippen molar-refractivity contribution in [2.45, 2.75) is 529 Å². The van der Waals surface area contributed by atoms with E-state index in [1.807, 2.05) is 0 Å². The lowest BCUT2D eigenvalue weighted by atomic mass is 9.60. The molecule has 2 aliphatic rings. The minimum Gasteiger partial charge on any atom is -0.427 e. The van der Waals surface area contributed by atoms with Crippen LogP contribution < -0.4 is 9.05 Å².